The Morgan fingerprint density at radius 1 is 0.875 bits per heavy atom. The number of benzene rings is 2. The van der Waals surface area contributed by atoms with Crippen molar-refractivity contribution in [1.29, 1.82) is 0 Å². The number of carbonyl (C=O) groups is 1. The fourth-order valence-corrected chi connectivity index (χ4v) is 6.81. The van der Waals surface area contributed by atoms with E-state index in [0.29, 0.717) is 45.8 Å². The summed E-state index contributed by atoms with van der Waals surface area (Å²) < 4.78 is 27.2. The lowest BCUT2D eigenvalue weighted by atomic mass is 9.94. The van der Waals surface area contributed by atoms with Crippen molar-refractivity contribution in [2.24, 2.45) is 0 Å². The number of amides is 1. The first-order chi connectivity index (χ1) is 15.5. The van der Waals surface area contributed by atoms with E-state index in [1.165, 1.54) is 4.31 Å². The van der Waals surface area contributed by atoms with Crippen LogP contribution in [0, 0.1) is 0 Å². The van der Waals surface area contributed by atoms with Crippen LogP contribution in [0.15, 0.2) is 60.7 Å². The molecule has 2 fully saturated rings. The number of sulfonamides is 1. The molecule has 8 nitrogen and oxygen atoms in total. The normalized spacial score (nSPS) is 20.1. The van der Waals surface area contributed by atoms with Gasteiger partial charge in [-0.1, -0.05) is 48.5 Å². The lowest BCUT2D eigenvalue weighted by molar-refractivity contribution is -0.133. The topological polar surface area (TPSA) is 93.2 Å². The van der Waals surface area contributed by atoms with Crippen LogP contribution in [-0.2, 0) is 21.4 Å². The molecule has 0 unspecified atom stereocenters. The molecule has 2 N–H and O–H groups in total. The van der Waals surface area contributed by atoms with E-state index >= 15 is 0 Å². The van der Waals surface area contributed by atoms with Gasteiger partial charge in [-0.15, -0.1) is 0 Å². The first-order valence-corrected chi connectivity index (χ1v) is 12.4. The van der Waals surface area contributed by atoms with Crippen molar-refractivity contribution in [3.05, 3.63) is 66.2 Å². The molecule has 4 rings (SSSR count). The number of piperidine rings is 1. The molecule has 2 aromatic rings. The van der Waals surface area contributed by atoms with Gasteiger partial charge < -0.3 is 4.90 Å². The molecule has 0 aliphatic carbocycles. The Kier molecular flexibility index (Phi) is 6.80. The Morgan fingerprint density at radius 3 is 2.00 bits per heavy atom. The van der Waals surface area contributed by atoms with E-state index in [2.05, 4.69) is 9.80 Å². The quantitative estimate of drug-likeness (QED) is 0.505. The molecule has 2 heterocycles. The summed E-state index contributed by atoms with van der Waals surface area (Å²) in [4.78, 5) is 17.0. The number of hydrogen-bond donors (Lipinski definition) is 2. The SMILES string of the molecule is O=C(NO)C1(S(=O)(=O)N2CCN(c3ccccc3)CC2)CCN(Cc2ccccc2)CC1. The van der Waals surface area contributed by atoms with Crippen molar-refractivity contribution in [2.75, 3.05) is 44.2 Å². The number of rotatable bonds is 6. The van der Waals surface area contributed by atoms with Gasteiger partial charge in [0.15, 0.2) is 4.75 Å². The number of nitrogens with zero attached hydrogens (tertiary/aromatic N) is 3. The van der Waals surface area contributed by atoms with Crippen molar-refractivity contribution >= 4 is 21.6 Å². The lowest BCUT2D eigenvalue weighted by Crippen LogP contribution is -2.63. The second kappa shape index (κ2) is 9.58. The van der Waals surface area contributed by atoms with Crippen molar-refractivity contribution in [3.63, 3.8) is 0 Å². The fourth-order valence-electron chi connectivity index (χ4n) is 4.69. The van der Waals surface area contributed by atoms with Gasteiger partial charge in [-0.05, 0) is 30.5 Å². The standard InChI is InChI=1S/C23H30N4O4S/c28-22(24-29)23(11-13-25(14-12-23)19-20-7-3-1-4-8-20)32(30,31)27-17-15-26(16-18-27)21-9-5-2-6-10-21/h1-10,29H,11-19H2,(H,24,28). The van der Waals surface area contributed by atoms with Gasteiger partial charge in [-0.25, -0.2) is 13.9 Å². The van der Waals surface area contributed by atoms with Crippen molar-refractivity contribution in [3.8, 4) is 0 Å². The van der Waals surface area contributed by atoms with Crippen LogP contribution in [0.2, 0.25) is 0 Å². The first kappa shape index (κ1) is 22.7. The Hall–Kier alpha value is -2.46. The zero-order chi connectivity index (χ0) is 22.6. The average Bonchev–Trinajstić information content (AvgIpc) is 2.85. The summed E-state index contributed by atoms with van der Waals surface area (Å²) in [7, 11) is -3.95. The number of hydrogen-bond acceptors (Lipinski definition) is 6. The third kappa shape index (κ3) is 4.38. The van der Waals surface area contributed by atoms with E-state index in [9.17, 15) is 18.4 Å². The maximum Gasteiger partial charge on any atom is 0.266 e. The minimum absolute atomic E-state index is 0.146. The highest BCUT2D eigenvalue weighted by atomic mass is 32.2. The number of anilines is 1. The Morgan fingerprint density at radius 2 is 1.44 bits per heavy atom. The van der Waals surface area contributed by atoms with Gasteiger partial charge in [0.05, 0.1) is 0 Å². The van der Waals surface area contributed by atoms with Crippen LogP contribution in [0.5, 0.6) is 0 Å². The summed E-state index contributed by atoms with van der Waals surface area (Å²) in [5.74, 6) is -0.831. The molecule has 0 aromatic heterocycles. The van der Waals surface area contributed by atoms with E-state index in [1.54, 1.807) is 5.48 Å². The molecule has 0 saturated carbocycles. The van der Waals surface area contributed by atoms with Crippen LogP contribution in [0.1, 0.15) is 18.4 Å². The molecule has 2 aliphatic rings. The van der Waals surface area contributed by atoms with Gasteiger partial charge in [-0.2, -0.15) is 4.31 Å². The Labute approximate surface area is 189 Å². The summed E-state index contributed by atoms with van der Waals surface area (Å²) in [6.07, 6.45) is 0.293. The zero-order valence-electron chi connectivity index (χ0n) is 18.1. The van der Waals surface area contributed by atoms with E-state index in [4.69, 9.17) is 0 Å². The second-order valence-corrected chi connectivity index (χ2v) is 10.7. The molecule has 2 aromatic carbocycles. The summed E-state index contributed by atoms with van der Waals surface area (Å²) in [6, 6.07) is 19.9. The first-order valence-electron chi connectivity index (χ1n) is 11.0. The third-order valence-electron chi connectivity index (χ3n) is 6.62. The van der Waals surface area contributed by atoms with Crippen LogP contribution < -0.4 is 10.4 Å². The molecule has 9 heteroatoms. The minimum Gasteiger partial charge on any atom is -0.369 e. The number of hydroxylamine groups is 1. The monoisotopic (exact) mass is 458 g/mol. The summed E-state index contributed by atoms with van der Waals surface area (Å²) in [5.41, 5.74) is 3.85. The van der Waals surface area contributed by atoms with E-state index in [0.717, 1.165) is 11.3 Å². The lowest BCUT2D eigenvalue weighted by Gasteiger charge is -2.44. The summed E-state index contributed by atoms with van der Waals surface area (Å²) >= 11 is 0. The molecule has 32 heavy (non-hydrogen) atoms. The van der Waals surface area contributed by atoms with Gasteiger partial charge >= 0.3 is 0 Å². The number of para-hydroxylation sites is 1. The fraction of sp³-hybridized carbons (Fsp3) is 0.435. The molecular weight excluding hydrogens is 428 g/mol. The molecular formula is C23H30N4O4S. The molecule has 0 spiro atoms. The largest absolute Gasteiger partial charge is 0.369 e. The van der Waals surface area contributed by atoms with E-state index in [1.807, 2.05) is 60.7 Å². The maximum absolute atomic E-state index is 13.7. The van der Waals surface area contributed by atoms with E-state index < -0.39 is 20.7 Å². The highest BCUT2D eigenvalue weighted by Gasteiger charge is 2.55. The van der Waals surface area contributed by atoms with Crippen molar-refractivity contribution < 1.29 is 18.4 Å². The predicted molar refractivity (Wildman–Crippen MR) is 123 cm³/mol. The molecule has 0 bridgehead atoms. The van der Waals surface area contributed by atoms with Crippen LogP contribution >= 0.6 is 0 Å². The van der Waals surface area contributed by atoms with E-state index in [-0.39, 0.29) is 12.8 Å². The molecule has 2 aliphatic heterocycles. The molecule has 172 valence electrons. The number of likely N-dealkylation sites (tertiary alicyclic amines) is 1. The van der Waals surface area contributed by atoms with Gasteiger partial charge in [0.1, 0.15) is 0 Å². The third-order valence-corrected chi connectivity index (χ3v) is 9.25. The predicted octanol–water partition coefficient (Wildman–Crippen LogP) is 1.68. The molecule has 2 saturated heterocycles. The van der Waals surface area contributed by atoms with Crippen LogP contribution in [0.25, 0.3) is 0 Å². The maximum atomic E-state index is 13.7. The molecule has 0 atom stereocenters. The van der Waals surface area contributed by atoms with Gasteiger partial charge in [-0.3, -0.25) is 14.9 Å². The van der Waals surface area contributed by atoms with Crippen LogP contribution in [-0.4, -0.2) is 72.8 Å². The van der Waals surface area contributed by atoms with Gasteiger partial charge in [0.25, 0.3) is 5.91 Å². The summed E-state index contributed by atoms with van der Waals surface area (Å²) in [5, 5.41) is 9.40. The highest BCUT2D eigenvalue weighted by Crippen LogP contribution is 2.35. The Balaban J connectivity index is 1.46. The number of carbonyl (C=O) groups excluding carboxylic acids is 1. The van der Waals surface area contributed by atoms with Crippen LogP contribution in [0.4, 0.5) is 5.69 Å². The highest BCUT2D eigenvalue weighted by molar-refractivity contribution is 7.91. The van der Waals surface area contributed by atoms with Gasteiger partial charge in [0.2, 0.25) is 10.0 Å². The van der Waals surface area contributed by atoms with Crippen molar-refractivity contribution in [1.82, 2.24) is 14.7 Å². The smallest absolute Gasteiger partial charge is 0.266 e. The number of nitrogens with one attached hydrogen (secondary N) is 1. The zero-order valence-corrected chi connectivity index (χ0v) is 18.9. The second-order valence-electron chi connectivity index (χ2n) is 8.42. The minimum atomic E-state index is -3.95. The van der Waals surface area contributed by atoms with Crippen molar-refractivity contribution in [2.45, 2.75) is 24.1 Å². The summed E-state index contributed by atoms with van der Waals surface area (Å²) in [6.45, 7) is 3.36. The average molecular weight is 459 g/mol. The molecule has 1 amide bonds. The molecule has 0 radical (unpaired) electrons. The number of piperazine rings is 1. The van der Waals surface area contributed by atoms with Crippen LogP contribution in [0.3, 0.4) is 0 Å². The Bertz CT molecular complexity index is 1000. The van der Waals surface area contributed by atoms with Gasteiger partial charge in [0, 0.05) is 51.5 Å².